The Bertz CT molecular complexity index is 597. The Morgan fingerprint density at radius 3 is 2.37 bits per heavy atom. The third kappa shape index (κ3) is 3.69. The van der Waals surface area contributed by atoms with Crippen molar-refractivity contribution in [3.63, 3.8) is 0 Å². The highest BCUT2D eigenvalue weighted by molar-refractivity contribution is 6.42. The van der Waals surface area contributed by atoms with Crippen LogP contribution in [0.2, 0.25) is 10.0 Å². The van der Waals surface area contributed by atoms with E-state index < -0.39 is 5.97 Å². The fourth-order valence-corrected chi connectivity index (χ4v) is 1.73. The lowest BCUT2D eigenvalue weighted by atomic mass is 10.2. The molecule has 0 N–H and O–H groups in total. The van der Waals surface area contributed by atoms with E-state index in [1.165, 1.54) is 30.3 Å². The molecule has 19 heavy (non-hydrogen) atoms. The van der Waals surface area contributed by atoms with Gasteiger partial charge in [-0.15, -0.1) is 0 Å². The second kappa shape index (κ2) is 6.04. The van der Waals surface area contributed by atoms with Crippen molar-refractivity contribution in [3.8, 4) is 0 Å². The zero-order chi connectivity index (χ0) is 13.8. The highest BCUT2D eigenvalue weighted by atomic mass is 35.5. The second-order valence-electron chi connectivity index (χ2n) is 3.83. The van der Waals surface area contributed by atoms with Gasteiger partial charge in [-0.3, -0.25) is 0 Å². The molecule has 0 amide bonds. The van der Waals surface area contributed by atoms with Crippen LogP contribution in [-0.2, 0) is 11.3 Å². The first-order valence-corrected chi connectivity index (χ1v) is 6.18. The van der Waals surface area contributed by atoms with E-state index in [1.807, 2.05) is 0 Å². The molecule has 0 spiro atoms. The number of rotatable bonds is 3. The van der Waals surface area contributed by atoms with E-state index in [0.29, 0.717) is 16.1 Å². The van der Waals surface area contributed by atoms with Crippen molar-refractivity contribution in [1.82, 2.24) is 0 Å². The first kappa shape index (κ1) is 13.8. The summed E-state index contributed by atoms with van der Waals surface area (Å²) >= 11 is 11.6. The number of ether oxygens (including phenoxy) is 1. The van der Waals surface area contributed by atoms with E-state index in [1.54, 1.807) is 12.1 Å². The maximum atomic E-state index is 12.7. The Labute approximate surface area is 119 Å². The van der Waals surface area contributed by atoms with Crippen LogP contribution in [0.1, 0.15) is 15.9 Å². The predicted molar refractivity (Wildman–Crippen MR) is 72.0 cm³/mol. The maximum Gasteiger partial charge on any atom is 0.338 e. The summed E-state index contributed by atoms with van der Waals surface area (Å²) in [7, 11) is 0. The van der Waals surface area contributed by atoms with Gasteiger partial charge >= 0.3 is 5.97 Å². The van der Waals surface area contributed by atoms with Gasteiger partial charge in [-0.25, -0.2) is 9.18 Å². The largest absolute Gasteiger partial charge is 0.457 e. The van der Waals surface area contributed by atoms with E-state index in [2.05, 4.69) is 0 Å². The highest BCUT2D eigenvalue weighted by Gasteiger charge is 2.09. The van der Waals surface area contributed by atoms with Crippen molar-refractivity contribution >= 4 is 29.2 Å². The van der Waals surface area contributed by atoms with Crippen molar-refractivity contribution in [1.29, 1.82) is 0 Å². The molecule has 0 saturated heterocycles. The molecule has 0 aliphatic heterocycles. The lowest BCUT2D eigenvalue weighted by Crippen LogP contribution is -2.05. The summed E-state index contributed by atoms with van der Waals surface area (Å²) in [6.07, 6.45) is 0. The molecule has 0 saturated carbocycles. The molecule has 2 aromatic rings. The van der Waals surface area contributed by atoms with Gasteiger partial charge in [0.05, 0.1) is 15.6 Å². The average Bonchev–Trinajstić information content (AvgIpc) is 2.41. The lowest BCUT2D eigenvalue weighted by Gasteiger charge is -2.05. The first-order chi connectivity index (χ1) is 9.06. The van der Waals surface area contributed by atoms with Gasteiger partial charge in [-0.2, -0.15) is 0 Å². The van der Waals surface area contributed by atoms with Crippen LogP contribution in [0.3, 0.4) is 0 Å². The summed E-state index contributed by atoms with van der Waals surface area (Å²) in [5.74, 6) is -0.845. The van der Waals surface area contributed by atoms with E-state index in [-0.39, 0.29) is 17.4 Å². The number of carbonyl (C=O) groups is 1. The van der Waals surface area contributed by atoms with Gasteiger partial charge in [0.25, 0.3) is 0 Å². The van der Waals surface area contributed by atoms with Crippen LogP contribution in [0.15, 0.2) is 42.5 Å². The Balaban J connectivity index is 2.01. The number of halogens is 3. The fraction of sp³-hybridized carbons (Fsp3) is 0.0714. The van der Waals surface area contributed by atoms with Gasteiger partial charge in [-0.05, 0) is 35.9 Å². The third-order valence-corrected chi connectivity index (χ3v) is 3.18. The maximum absolute atomic E-state index is 12.7. The molecule has 0 radical (unpaired) electrons. The molecule has 0 bridgehead atoms. The molecule has 0 aliphatic rings. The van der Waals surface area contributed by atoms with Crippen LogP contribution in [-0.4, -0.2) is 5.97 Å². The molecule has 0 aliphatic carbocycles. The number of esters is 1. The van der Waals surface area contributed by atoms with E-state index in [9.17, 15) is 9.18 Å². The van der Waals surface area contributed by atoms with Crippen molar-refractivity contribution in [3.05, 3.63) is 69.5 Å². The van der Waals surface area contributed by atoms with Crippen molar-refractivity contribution < 1.29 is 13.9 Å². The molecule has 2 aromatic carbocycles. The lowest BCUT2D eigenvalue weighted by molar-refractivity contribution is 0.0472. The third-order valence-electron chi connectivity index (χ3n) is 2.44. The monoisotopic (exact) mass is 298 g/mol. The van der Waals surface area contributed by atoms with Crippen molar-refractivity contribution in [2.24, 2.45) is 0 Å². The minimum Gasteiger partial charge on any atom is -0.457 e. The van der Waals surface area contributed by atoms with Crippen molar-refractivity contribution in [2.45, 2.75) is 6.61 Å². The van der Waals surface area contributed by atoms with E-state index in [4.69, 9.17) is 27.9 Å². The van der Waals surface area contributed by atoms with Gasteiger partial charge in [-0.1, -0.05) is 35.3 Å². The van der Waals surface area contributed by atoms with Crippen LogP contribution in [0.4, 0.5) is 4.39 Å². The summed E-state index contributed by atoms with van der Waals surface area (Å²) in [6.45, 7) is 0.0688. The smallest absolute Gasteiger partial charge is 0.338 e. The van der Waals surface area contributed by atoms with Gasteiger partial charge in [0, 0.05) is 0 Å². The molecule has 5 heteroatoms. The molecule has 0 fully saturated rings. The first-order valence-electron chi connectivity index (χ1n) is 5.43. The molecule has 0 heterocycles. The Morgan fingerprint density at radius 2 is 1.74 bits per heavy atom. The molecular formula is C14H9Cl2FO2. The molecular weight excluding hydrogens is 290 g/mol. The van der Waals surface area contributed by atoms with Gasteiger partial charge in [0.15, 0.2) is 0 Å². The van der Waals surface area contributed by atoms with Crippen LogP contribution < -0.4 is 0 Å². The van der Waals surface area contributed by atoms with Gasteiger partial charge < -0.3 is 4.74 Å². The zero-order valence-electron chi connectivity index (χ0n) is 9.70. The zero-order valence-corrected chi connectivity index (χ0v) is 11.2. The summed E-state index contributed by atoms with van der Waals surface area (Å²) in [5.41, 5.74) is 1.02. The Kier molecular flexibility index (Phi) is 4.40. The number of hydrogen-bond acceptors (Lipinski definition) is 2. The summed E-state index contributed by atoms with van der Waals surface area (Å²) < 4.78 is 17.8. The topological polar surface area (TPSA) is 26.3 Å². The van der Waals surface area contributed by atoms with E-state index >= 15 is 0 Å². The summed E-state index contributed by atoms with van der Waals surface area (Å²) in [6, 6.07) is 10.2. The second-order valence-corrected chi connectivity index (χ2v) is 4.65. The highest BCUT2D eigenvalue weighted by Crippen LogP contribution is 2.23. The molecule has 98 valence electrons. The molecule has 0 unspecified atom stereocenters. The normalized spacial score (nSPS) is 10.3. The minimum atomic E-state index is -0.511. The molecule has 0 aromatic heterocycles. The Morgan fingerprint density at radius 1 is 1.05 bits per heavy atom. The van der Waals surface area contributed by atoms with Crippen LogP contribution >= 0.6 is 23.2 Å². The van der Waals surface area contributed by atoms with Crippen molar-refractivity contribution in [2.75, 3.05) is 0 Å². The van der Waals surface area contributed by atoms with Crippen LogP contribution in [0.5, 0.6) is 0 Å². The Hall–Kier alpha value is -1.58. The molecule has 2 nitrogen and oxygen atoms in total. The predicted octanol–water partition coefficient (Wildman–Crippen LogP) is 4.49. The number of hydrogen-bond donors (Lipinski definition) is 0. The van der Waals surface area contributed by atoms with Crippen LogP contribution in [0.25, 0.3) is 0 Å². The summed E-state index contributed by atoms with van der Waals surface area (Å²) in [4.78, 5) is 11.8. The SMILES string of the molecule is O=C(OCc1ccc(F)cc1)c1ccc(Cl)c(Cl)c1. The average molecular weight is 299 g/mol. The van der Waals surface area contributed by atoms with Crippen LogP contribution in [0, 0.1) is 5.82 Å². The quantitative estimate of drug-likeness (QED) is 0.781. The molecule has 2 rings (SSSR count). The van der Waals surface area contributed by atoms with E-state index in [0.717, 1.165) is 0 Å². The summed E-state index contributed by atoms with van der Waals surface area (Å²) in [5, 5.41) is 0.662. The number of carbonyl (C=O) groups excluding carboxylic acids is 1. The van der Waals surface area contributed by atoms with Gasteiger partial charge in [0.2, 0.25) is 0 Å². The molecule has 0 atom stereocenters. The van der Waals surface area contributed by atoms with Gasteiger partial charge in [0.1, 0.15) is 12.4 Å². The standard InChI is InChI=1S/C14H9Cl2FO2/c15-12-6-3-10(7-13(12)16)14(18)19-8-9-1-4-11(17)5-2-9/h1-7H,8H2. The fourth-order valence-electron chi connectivity index (χ4n) is 1.44. The minimum absolute atomic E-state index is 0.0688. The number of benzene rings is 2.